The first kappa shape index (κ1) is 43.1. The molecule has 7 rings (SSSR count). The summed E-state index contributed by atoms with van der Waals surface area (Å²) < 4.78 is 37.6. The Hall–Kier alpha value is -0.970. The lowest BCUT2D eigenvalue weighted by Crippen LogP contribution is -2.68. The van der Waals surface area contributed by atoms with Crippen LogP contribution in [-0.2, 0) is 33.2 Å². The molecule has 322 valence electrons. The van der Waals surface area contributed by atoms with Gasteiger partial charge in [0.25, 0.3) is 0 Å². The maximum atomic E-state index is 11.4. The first-order chi connectivity index (χ1) is 25.9. The summed E-state index contributed by atoms with van der Waals surface area (Å²) in [6.07, 6.45) is -3.42. The van der Waals surface area contributed by atoms with Crippen molar-refractivity contribution < 1.29 is 63.9 Å². The normalized spacial score (nSPS) is 54.3. The van der Waals surface area contributed by atoms with Gasteiger partial charge in [-0.05, 0) is 131 Å². The monoisotopic (exact) mass is 796 g/mol. The van der Waals surface area contributed by atoms with Crippen molar-refractivity contribution >= 4 is 5.97 Å². The van der Waals surface area contributed by atoms with Gasteiger partial charge in [-0.2, -0.15) is 0 Å². The summed E-state index contributed by atoms with van der Waals surface area (Å²) in [5.74, 6) is 0.137. The molecule has 0 bridgehead atoms. The van der Waals surface area contributed by atoms with Crippen molar-refractivity contribution in [2.45, 2.75) is 212 Å². The number of aliphatic hydroxyl groups is 6. The number of rotatable bonds is 8. The van der Waals surface area contributed by atoms with Crippen LogP contribution in [0, 0.1) is 45.3 Å². The number of carbonyl (C=O) groups is 1. The predicted octanol–water partition coefficient (Wildman–Crippen LogP) is 3.60. The Kier molecular flexibility index (Phi) is 11.2. The van der Waals surface area contributed by atoms with Gasteiger partial charge < -0.3 is 59.1 Å². The average Bonchev–Trinajstić information content (AvgIpc) is 3.78. The Labute approximate surface area is 333 Å². The van der Waals surface area contributed by atoms with Crippen LogP contribution in [0.15, 0.2) is 0 Å². The molecule has 4 saturated carbocycles. The highest BCUT2D eigenvalue weighted by Gasteiger charge is 2.73. The van der Waals surface area contributed by atoms with Crippen LogP contribution in [0.4, 0.5) is 0 Å². The summed E-state index contributed by atoms with van der Waals surface area (Å²) in [5.41, 5.74) is -2.16. The summed E-state index contributed by atoms with van der Waals surface area (Å²) in [4.78, 5) is 11.4. The van der Waals surface area contributed by atoms with Crippen LogP contribution in [0.2, 0.25) is 0 Å². The molecule has 6 N–H and O–H groups in total. The minimum Gasteiger partial charge on any atom is -0.463 e. The van der Waals surface area contributed by atoms with E-state index in [0.29, 0.717) is 6.42 Å². The molecule has 0 spiro atoms. The Bertz CT molecular complexity index is 1450. The summed E-state index contributed by atoms with van der Waals surface area (Å²) in [7, 11) is 0. The van der Waals surface area contributed by atoms with Gasteiger partial charge in [-0.1, -0.05) is 34.6 Å². The van der Waals surface area contributed by atoms with Crippen molar-refractivity contribution in [3.05, 3.63) is 0 Å². The van der Waals surface area contributed by atoms with Gasteiger partial charge in [0.2, 0.25) is 0 Å². The van der Waals surface area contributed by atoms with Crippen LogP contribution in [0.5, 0.6) is 0 Å². The lowest BCUT2D eigenvalue weighted by atomic mass is 9.35. The van der Waals surface area contributed by atoms with Gasteiger partial charge in [0, 0.05) is 6.92 Å². The molecule has 3 heterocycles. The predicted molar refractivity (Wildman–Crippen MR) is 203 cm³/mol. The molecule has 0 aromatic carbocycles. The molecule has 13 heteroatoms. The molecule has 7 aliphatic rings. The van der Waals surface area contributed by atoms with Crippen LogP contribution in [0.1, 0.15) is 127 Å². The Morgan fingerprint density at radius 3 is 2.04 bits per heavy atom. The molecule has 56 heavy (non-hydrogen) atoms. The Balaban J connectivity index is 1.19. The SMILES string of the molecule is CC(=O)OC[C@@H]1O[C@@H](OC2CC[C@]3(C)[C@H]4CC(O[C@@H]5O[C@@H](C)[C@H](O)[C@@H](O)[C@H]5O)[C@@H]5[C@@H]([C@]6(C)CCC(C(C)(C)O)O6)CC[C@@]5(C)[C@]4(C)CC[C@H]3C2(C)C)[C@H](O)[C@H]1O. The fraction of sp³-hybridized carbons (Fsp3) is 0.977. The zero-order valence-electron chi connectivity index (χ0n) is 35.3. The van der Waals surface area contributed by atoms with E-state index in [4.69, 9.17) is 28.4 Å². The fourth-order valence-corrected chi connectivity index (χ4v) is 14.0. The van der Waals surface area contributed by atoms with Crippen LogP contribution in [-0.4, -0.2) is 128 Å². The summed E-state index contributed by atoms with van der Waals surface area (Å²) in [5, 5.41) is 65.3. The van der Waals surface area contributed by atoms with Gasteiger partial charge >= 0.3 is 5.97 Å². The van der Waals surface area contributed by atoms with Crippen molar-refractivity contribution in [1.82, 2.24) is 0 Å². The van der Waals surface area contributed by atoms with Crippen molar-refractivity contribution in [2.24, 2.45) is 45.3 Å². The second kappa shape index (κ2) is 14.6. The number of carbonyl (C=O) groups excluding carboxylic acids is 1. The van der Waals surface area contributed by atoms with Crippen molar-refractivity contribution in [3.63, 3.8) is 0 Å². The maximum Gasteiger partial charge on any atom is 0.302 e. The molecule has 4 aliphatic carbocycles. The van der Waals surface area contributed by atoms with E-state index >= 15 is 0 Å². The first-order valence-corrected chi connectivity index (χ1v) is 21.4. The molecular weight excluding hydrogens is 724 g/mol. The number of esters is 1. The molecular formula is C43H72O13. The van der Waals surface area contributed by atoms with Gasteiger partial charge in [-0.3, -0.25) is 4.79 Å². The zero-order valence-corrected chi connectivity index (χ0v) is 35.3. The van der Waals surface area contributed by atoms with Gasteiger partial charge in [0.15, 0.2) is 12.6 Å². The number of aliphatic hydroxyl groups excluding tert-OH is 5. The van der Waals surface area contributed by atoms with E-state index in [0.717, 1.165) is 51.4 Å². The van der Waals surface area contributed by atoms with Crippen molar-refractivity contribution in [2.75, 3.05) is 6.61 Å². The zero-order chi connectivity index (χ0) is 41.1. The van der Waals surface area contributed by atoms with Crippen LogP contribution in [0.3, 0.4) is 0 Å². The smallest absolute Gasteiger partial charge is 0.302 e. The molecule has 0 radical (unpaired) electrons. The largest absolute Gasteiger partial charge is 0.463 e. The molecule has 0 amide bonds. The van der Waals surface area contributed by atoms with Gasteiger partial charge in [-0.25, -0.2) is 0 Å². The number of hydrogen-bond acceptors (Lipinski definition) is 13. The second-order valence-electron chi connectivity index (χ2n) is 21.2. The summed E-state index contributed by atoms with van der Waals surface area (Å²) in [6.45, 7) is 20.5. The molecule has 20 atom stereocenters. The standard InChI is InChI=1S/C43H72O13/c1-21-31(45)33(47)35(49)36(52-21)53-24-19-27-40(7)15-13-28(55-37-34(48)32(46)25(54-37)20-51-22(2)44)38(3,4)26(40)12-17-41(27,8)42(9)16-11-23(30(24)42)43(10)18-14-29(56-43)39(5,6)50/h21,23-37,45-50H,11-20H2,1-10H3/t21-,23-,24?,25-,26-,27+,28?,29?,30-,31-,32-,33+,34+,35+,36-,37-,40-,41+,42+,43-/m0/s1. The average molecular weight is 797 g/mol. The van der Waals surface area contributed by atoms with E-state index in [1.165, 1.54) is 6.92 Å². The number of fused-ring (bicyclic) bond motifs is 5. The molecule has 3 saturated heterocycles. The number of hydrogen-bond donors (Lipinski definition) is 6. The highest BCUT2D eigenvalue weighted by Crippen LogP contribution is 2.76. The van der Waals surface area contributed by atoms with Crippen LogP contribution < -0.4 is 0 Å². The van der Waals surface area contributed by atoms with E-state index in [2.05, 4.69) is 41.5 Å². The van der Waals surface area contributed by atoms with Gasteiger partial charge in [0.1, 0.15) is 43.2 Å². The summed E-state index contributed by atoms with van der Waals surface area (Å²) in [6, 6.07) is 0. The molecule has 3 aliphatic heterocycles. The van der Waals surface area contributed by atoms with E-state index < -0.39 is 72.5 Å². The quantitative estimate of drug-likeness (QED) is 0.154. The fourth-order valence-electron chi connectivity index (χ4n) is 14.0. The molecule has 7 fully saturated rings. The van der Waals surface area contributed by atoms with E-state index in [1.807, 2.05) is 13.8 Å². The third kappa shape index (κ3) is 6.73. The molecule has 3 unspecified atom stereocenters. The summed E-state index contributed by atoms with van der Waals surface area (Å²) >= 11 is 0. The highest BCUT2D eigenvalue weighted by molar-refractivity contribution is 5.65. The first-order valence-electron chi connectivity index (χ1n) is 21.4. The maximum absolute atomic E-state index is 11.4. The molecule has 0 aromatic rings. The number of ether oxygens (including phenoxy) is 6. The van der Waals surface area contributed by atoms with Gasteiger partial charge in [0.05, 0.1) is 35.6 Å². The minimum atomic E-state index is -1.42. The highest BCUT2D eigenvalue weighted by atomic mass is 16.7. The van der Waals surface area contributed by atoms with Crippen LogP contribution >= 0.6 is 0 Å². The van der Waals surface area contributed by atoms with E-state index in [-0.39, 0.29) is 70.3 Å². The van der Waals surface area contributed by atoms with Crippen LogP contribution in [0.25, 0.3) is 0 Å². The molecule has 0 aromatic heterocycles. The lowest BCUT2D eigenvalue weighted by Gasteiger charge is -2.71. The Morgan fingerprint density at radius 1 is 0.750 bits per heavy atom. The molecule has 13 nitrogen and oxygen atoms in total. The van der Waals surface area contributed by atoms with E-state index in [9.17, 15) is 35.4 Å². The van der Waals surface area contributed by atoms with Gasteiger partial charge in [-0.15, -0.1) is 0 Å². The van der Waals surface area contributed by atoms with Crippen molar-refractivity contribution in [1.29, 1.82) is 0 Å². The minimum absolute atomic E-state index is 0.0459. The third-order valence-electron chi connectivity index (χ3n) is 17.4. The van der Waals surface area contributed by atoms with E-state index in [1.54, 1.807) is 6.92 Å². The second-order valence-corrected chi connectivity index (χ2v) is 21.2. The third-order valence-corrected chi connectivity index (χ3v) is 17.4. The Morgan fingerprint density at radius 2 is 1.39 bits per heavy atom. The topological polar surface area (TPSA) is 194 Å². The van der Waals surface area contributed by atoms with Crippen molar-refractivity contribution in [3.8, 4) is 0 Å². The lowest BCUT2D eigenvalue weighted by molar-refractivity contribution is -0.332.